The standard InChI is InChI=1S/C10H24ClSi4/c1-9-15(8,11)10(12(2)3,13(4)5)14(6)7/h9H,1H2,2-8H3. The van der Waals surface area contributed by atoms with Crippen molar-refractivity contribution in [3.8, 4) is 0 Å². The Bertz CT molecular complexity index is 202. The lowest BCUT2D eigenvalue weighted by atomic mass is 11.3. The summed E-state index contributed by atoms with van der Waals surface area (Å²) >= 11 is 6.93. The van der Waals surface area contributed by atoms with Crippen LogP contribution in [0.5, 0.6) is 0 Å². The Morgan fingerprint density at radius 2 is 1.27 bits per heavy atom. The Morgan fingerprint density at radius 3 is 1.33 bits per heavy atom. The molecule has 0 fully saturated rings. The van der Waals surface area contributed by atoms with Gasteiger partial charge in [-0.05, 0) is 3.91 Å². The predicted octanol–water partition coefficient (Wildman–Crippen LogP) is 4.15. The molecule has 0 bridgehead atoms. The van der Waals surface area contributed by atoms with Crippen LogP contribution in [0.3, 0.4) is 0 Å². The van der Waals surface area contributed by atoms with Crippen molar-refractivity contribution < 1.29 is 0 Å². The molecule has 0 N–H and O–H groups in total. The van der Waals surface area contributed by atoms with E-state index in [2.05, 4.69) is 58.1 Å². The zero-order valence-corrected chi connectivity index (χ0v) is 15.9. The van der Waals surface area contributed by atoms with Gasteiger partial charge in [0.1, 0.15) is 0 Å². The maximum Gasteiger partial charge on any atom is 0.173 e. The van der Waals surface area contributed by atoms with E-state index in [1.165, 1.54) is 0 Å². The first kappa shape index (κ1) is 15.9. The zero-order valence-electron chi connectivity index (χ0n) is 11.2. The molecule has 87 valence electrons. The predicted molar refractivity (Wildman–Crippen MR) is 82.8 cm³/mol. The lowest BCUT2D eigenvalue weighted by molar-refractivity contribution is 1.34. The van der Waals surface area contributed by atoms with Gasteiger partial charge in [-0.15, -0.1) is 6.58 Å². The highest BCUT2D eigenvalue weighted by molar-refractivity contribution is 7.37. The Morgan fingerprint density at radius 1 is 1.00 bits per heavy atom. The maximum absolute atomic E-state index is 6.93. The van der Waals surface area contributed by atoms with Crippen molar-refractivity contribution in [3.05, 3.63) is 12.3 Å². The topological polar surface area (TPSA) is 0 Å². The van der Waals surface area contributed by atoms with Crippen LogP contribution in [0.4, 0.5) is 0 Å². The van der Waals surface area contributed by atoms with Gasteiger partial charge < -0.3 is 0 Å². The van der Waals surface area contributed by atoms with Gasteiger partial charge in [0.2, 0.25) is 0 Å². The summed E-state index contributed by atoms with van der Waals surface area (Å²) in [7, 11) is -2.83. The summed E-state index contributed by atoms with van der Waals surface area (Å²) in [4.78, 5) is 0. The summed E-state index contributed by atoms with van der Waals surface area (Å²) in [6.07, 6.45) is 0. The van der Waals surface area contributed by atoms with Gasteiger partial charge in [0.15, 0.2) is 7.38 Å². The van der Waals surface area contributed by atoms with Crippen LogP contribution in [0.1, 0.15) is 0 Å². The molecular weight excluding hydrogens is 268 g/mol. The van der Waals surface area contributed by atoms with Crippen molar-refractivity contribution in [2.75, 3.05) is 0 Å². The minimum atomic E-state index is -1.77. The van der Waals surface area contributed by atoms with E-state index in [1.54, 1.807) is 0 Å². The van der Waals surface area contributed by atoms with Crippen LogP contribution in [0.25, 0.3) is 0 Å². The summed E-state index contributed by atoms with van der Waals surface area (Å²) in [6, 6.07) is 0. The molecule has 1 atom stereocenters. The van der Waals surface area contributed by atoms with Crippen molar-refractivity contribution in [1.82, 2.24) is 0 Å². The van der Waals surface area contributed by atoms with Crippen LogP contribution in [0.15, 0.2) is 12.3 Å². The van der Waals surface area contributed by atoms with Gasteiger partial charge >= 0.3 is 0 Å². The van der Waals surface area contributed by atoms with Gasteiger partial charge in [-0.25, -0.2) is 0 Å². The number of rotatable bonds is 5. The second kappa shape index (κ2) is 5.49. The van der Waals surface area contributed by atoms with Crippen molar-refractivity contribution in [2.24, 2.45) is 0 Å². The molecule has 0 aromatic heterocycles. The fourth-order valence-electron chi connectivity index (χ4n) is 3.12. The van der Waals surface area contributed by atoms with Crippen LogP contribution >= 0.6 is 11.1 Å². The second-order valence-corrected chi connectivity index (χ2v) is 21.9. The molecule has 15 heavy (non-hydrogen) atoms. The number of hydrogen-bond donors (Lipinski definition) is 0. The molecule has 0 aliphatic rings. The summed E-state index contributed by atoms with van der Waals surface area (Å²) in [5.74, 6) is 0. The molecule has 0 spiro atoms. The lowest BCUT2D eigenvalue weighted by Gasteiger charge is -2.50. The third-order valence-electron chi connectivity index (χ3n) is 3.37. The largest absolute Gasteiger partial charge is 0.173 e. The zero-order chi connectivity index (χ0) is 12.4. The maximum atomic E-state index is 6.93. The molecule has 0 saturated heterocycles. The summed E-state index contributed by atoms with van der Waals surface area (Å²) < 4.78 is 0.538. The van der Waals surface area contributed by atoms with Gasteiger partial charge in [-0.3, -0.25) is 0 Å². The molecule has 0 aliphatic carbocycles. The fraction of sp³-hybridized carbons (Fsp3) is 0.800. The Kier molecular flexibility index (Phi) is 5.82. The monoisotopic (exact) mass is 291 g/mol. The molecule has 5 heteroatoms. The molecule has 0 heterocycles. The Hall–Kier alpha value is 0.898. The average molecular weight is 292 g/mol. The summed E-state index contributed by atoms with van der Waals surface area (Å²) in [6.45, 7) is 21.1. The van der Waals surface area contributed by atoms with E-state index in [0.29, 0.717) is 3.91 Å². The van der Waals surface area contributed by atoms with Crippen LogP contribution < -0.4 is 0 Å². The smallest absolute Gasteiger partial charge is 0.162 e. The van der Waals surface area contributed by atoms with Gasteiger partial charge in [-0.1, -0.05) is 51.5 Å². The Labute approximate surface area is 107 Å². The highest BCUT2D eigenvalue weighted by Gasteiger charge is 2.54. The van der Waals surface area contributed by atoms with Crippen LogP contribution in [-0.4, -0.2) is 33.8 Å². The third-order valence-corrected chi connectivity index (χ3v) is 31.0. The van der Waals surface area contributed by atoms with Crippen molar-refractivity contribution in [2.45, 2.75) is 49.7 Å². The summed E-state index contributed by atoms with van der Waals surface area (Å²) in [5.41, 5.74) is 2.13. The minimum absolute atomic E-state index is 0.351. The van der Waals surface area contributed by atoms with Gasteiger partial charge in [0.05, 0.1) is 0 Å². The van der Waals surface area contributed by atoms with Crippen LogP contribution in [0, 0.1) is 0 Å². The SMILES string of the molecule is C=C[Si](C)(Cl)C([Si](C)C)([Si](C)C)[Si](C)C. The Balaban J connectivity index is 5.63. The molecule has 0 aromatic carbocycles. The van der Waals surface area contributed by atoms with E-state index in [0.717, 1.165) is 0 Å². The molecule has 3 radical (unpaired) electrons. The van der Waals surface area contributed by atoms with Crippen LogP contribution in [0.2, 0.25) is 49.7 Å². The average Bonchev–Trinajstić information content (AvgIpc) is 2.02. The molecule has 0 aromatic rings. The normalized spacial score (nSPS) is 17.3. The molecule has 0 aliphatic heterocycles. The first-order valence-electron chi connectivity index (χ1n) is 5.39. The number of hydrogen-bond acceptors (Lipinski definition) is 0. The van der Waals surface area contributed by atoms with E-state index in [1.807, 2.05) is 0 Å². The van der Waals surface area contributed by atoms with Crippen molar-refractivity contribution in [3.63, 3.8) is 0 Å². The van der Waals surface area contributed by atoms with E-state index in [9.17, 15) is 0 Å². The fourth-order valence-corrected chi connectivity index (χ4v) is 33.2. The molecule has 0 saturated carbocycles. The quantitative estimate of drug-likeness (QED) is 0.527. The van der Waals surface area contributed by atoms with E-state index in [4.69, 9.17) is 11.1 Å². The van der Waals surface area contributed by atoms with E-state index < -0.39 is 7.38 Å². The number of halogens is 1. The highest BCUT2D eigenvalue weighted by atomic mass is 35.6. The van der Waals surface area contributed by atoms with Gasteiger partial charge in [-0.2, -0.15) is 11.1 Å². The molecule has 0 nitrogen and oxygen atoms in total. The van der Waals surface area contributed by atoms with Crippen molar-refractivity contribution in [1.29, 1.82) is 0 Å². The molecule has 0 amide bonds. The third kappa shape index (κ3) is 2.60. The van der Waals surface area contributed by atoms with Gasteiger partial charge in [0, 0.05) is 26.4 Å². The first-order chi connectivity index (χ1) is 6.64. The minimum Gasteiger partial charge on any atom is -0.162 e. The van der Waals surface area contributed by atoms with Crippen LogP contribution in [-0.2, 0) is 0 Å². The highest BCUT2D eigenvalue weighted by Crippen LogP contribution is 2.48. The first-order valence-corrected chi connectivity index (χ1v) is 16.5. The van der Waals surface area contributed by atoms with Gasteiger partial charge in [0.25, 0.3) is 0 Å². The lowest BCUT2D eigenvalue weighted by Crippen LogP contribution is -2.61. The second-order valence-electron chi connectivity index (χ2n) is 5.03. The molecular formula is C10H24ClSi4. The van der Waals surface area contributed by atoms with E-state index in [-0.39, 0.29) is 26.4 Å². The summed E-state index contributed by atoms with van der Waals surface area (Å²) in [5, 5.41) is 0. The molecule has 1 unspecified atom stereocenters. The van der Waals surface area contributed by atoms with Crippen molar-refractivity contribution >= 4 is 44.9 Å². The van der Waals surface area contributed by atoms with E-state index >= 15 is 0 Å². The molecule has 0 rings (SSSR count).